The highest BCUT2D eigenvalue weighted by Crippen LogP contribution is 2.51. The van der Waals surface area contributed by atoms with Crippen molar-refractivity contribution < 1.29 is 24.1 Å². The SMILES string of the molecule is C=C(C#CC(C)OC1CCCCO1)C(=C)C(=C)C#C[C@@H]1[C@H]2CC(=CCO)C[C@H]2C[C@H]1OC1CCCCO1. The number of aliphatic hydroxyl groups excluding tert-OH is 1. The molecule has 2 aliphatic heterocycles. The van der Waals surface area contributed by atoms with Crippen LogP contribution in [0.3, 0.4) is 0 Å². The van der Waals surface area contributed by atoms with E-state index in [0.717, 1.165) is 71.0 Å². The van der Waals surface area contributed by atoms with Gasteiger partial charge < -0.3 is 24.1 Å². The molecule has 7 atom stereocenters. The topological polar surface area (TPSA) is 57.2 Å². The molecule has 0 aromatic heterocycles. The van der Waals surface area contributed by atoms with Gasteiger partial charge in [-0.1, -0.05) is 55.1 Å². The van der Waals surface area contributed by atoms with E-state index in [1.54, 1.807) is 0 Å². The lowest BCUT2D eigenvalue weighted by atomic mass is 9.90. The van der Waals surface area contributed by atoms with Gasteiger partial charge in [-0.15, -0.1) is 0 Å². The second-order valence-electron chi connectivity index (χ2n) is 10.7. The maximum Gasteiger partial charge on any atom is 0.159 e. The molecule has 0 aromatic rings. The monoisotopic (exact) mass is 506 g/mol. The maximum absolute atomic E-state index is 9.37. The fourth-order valence-corrected chi connectivity index (χ4v) is 5.86. The molecule has 0 aromatic carbocycles. The number of ether oxygens (including phenoxy) is 4. The Kier molecular flexibility index (Phi) is 10.3. The molecule has 2 aliphatic carbocycles. The lowest BCUT2D eigenvalue weighted by Gasteiger charge is -2.28. The number of fused-ring (bicyclic) bond motifs is 1. The Balaban J connectivity index is 1.38. The van der Waals surface area contributed by atoms with Gasteiger partial charge in [0.2, 0.25) is 0 Å². The van der Waals surface area contributed by atoms with Crippen molar-refractivity contribution in [3.8, 4) is 23.7 Å². The number of hydrogen-bond acceptors (Lipinski definition) is 5. The van der Waals surface area contributed by atoms with E-state index in [-0.39, 0.29) is 37.3 Å². The second kappa shape index (κ2) is 13.6. The van der Waals surface area contributed by atoms with Crippen molar-refractivity contribution in [1.82, 2.24) is 0 Å². The van der Waals surface area contributed by atoms with E-state index in [0.29, 0.717) is 28.6 Å². The molecule has 0 amide bonds. The summed E-state index contributed by atoms with van der Waals surface area (Å²) >= 11 is 0. The predicted molar refractivity (Wildman–Crippen MR) is 145 cm³/mol. The zero-order valence-corrected chi connectivity index (χ0v) is 22.3. The van der Waals surface area contributed by atoms with Crippen molar-refractivity contribution in [3.05, 3.63) is 48.1 Å². The summed E-state index contributed by atoms with van der Waals surface area (Å²) in [6.07, 6.45) is 10.7. The molecule has 1 N–H and O–H groups in total. The largest absolute Gasteiger partial charge is 0.392 e. The lowest BCUT2D eigenvalue weighted by molar-refractivity contribution is -0.192. The van der Waals surface area contributed by atoms with E-state index in [9.17, 15) is 5.11 Å². The van der Waals surface area contributed by atoms with Crippen molar-refractivity contribution in [3.63, 3.8) is 0 Å². The first-order valence-electron chi connectivity index (χ1n) is 13.9. The molecule has 0 bridgehead atoms. The number of rotatable bonds is 7. The summed E-state index contributed by atoms with van der Waals surface area (Å²) in [4.78, 5) is 0. The molecule has 200 valence electrons. The smallest absolute Gasteiger partial charge is 0.159 e. The molecule has 2 saturated heterocycles. The molecule has 0 spiro atoms. The molecule has 4 fully saturated rings. The van der Waals surface area contributed by atoms with E-state index in [2.05, 4.69) is 43.4 Å². The van der Waals surface area contributed by atoms with E-state index >= 15 is 0 Å². The standard InChI is InChI=1S/C32H42O5/c1-22(11-13-24(3)36-31-9-5-7-17-34-31)25(4)23(2)12-14-28-29-20-26(15-16-33)19-27(29)21-30(28)37-32-10-6-8-18-35-32/h15,24,27-33H,1-2,4-10,16-21H2,3H3/t24?,27-,28+,29-,30+,31?,32?/m0/s1. The van der Waals surface area contributed by atoms with Crippen LogP contribution in [-0.4, -0.2) is 49.7 Å². The summed E-state index contributed by atoms with van der Waals surface area (Å²) in [5.74, 6) is 14.0. The third-order valence-corrected chi connectivity index (χ3v) is 7.91. The van der Waals surface area contributed by atoms with Crippen LogP contribution in [0.4, 0.5) is 0 Å². The predicted octanol–water partition coefficient (Wildman–Crippen LogP) is 5.47. The van der Waals surface area contributed by atoms with Gasteiger partial charge in [0, 0.05) is 24.4 Å². The van der Waals surface area contributed by atoms with Crippen LogP contribution in [0.25, 0.3) is 0 Å². The van der Waals surface area contributed by atoms with E-state index < -0.39 is 0 Å². The van der Waals surface area contributed by atoms with Crippen LogP contribution in [0.15, 0.2) is 48.1 Å². The zero-order valence-electron chi connectivity index (χ0n) is 22.3. The first-order chi connectivity index (χ1) is 17.9. The van der Waals surface area contributed by atoms with Crippen LogP contribution in [0, 0.1) is 41.4 Å². The molecule has 0 radical (unpaired) electrons. The lowest BCUT2D eigenvalue weighted by Crippen LogP contribution is -2.31. The number of allylic oxidation sites excluding steroid dienone is 4. The van der Waals surface area contributed by atoms with Crippen molar-refractivity contribution in [2.45, 2.75) is 89.5 Å². The molecular formula is C32H42O5. The molecule has 37 heavy (non-hydrogen) atoms. The van der Waals surface area contributed by atoms with Gasteiger partial charge in [-0.05, 0) is 82.1 Å². The summed E-state index contributed by atoms with van der Waals surface area (Å²) in [6, 6.07) is 0. The Bertz CT molecular complexity index is 990. The van der Waals surface area contributed by atoms with Crippen molar-refractivity contribution in [2.24, 2.45) is 17.8 Å². The van der Waals surface area contributed by atoms with E-state index in [1.165, 1.54) is 5.57 Å². The van der Waals surface area contributed by atoms with E-state index in [4.69, 9.17) is 18.9 Å². The maximum atomic E-state index is 9.37. The Morgan fingerprint density at radius 2 is 1.73 bits per heavy atom. The van der Waals surface area contributed by atoms with Crippen LogP contribution in [0.5, 0.6) is 0 Å². The summed E-state index contributed by atoms with van der Waals surface area (Å²) in [5, 5.41) is 9.37. The quantitative estimate of drug-likeness (QED) is 0.282. The molecule has 4 rings (SSSR count). The molecule has 3 unspecified atom stereocenters. The Morgan fingerprint density at radius 1 is 1.03 bits per heavy atom. The van der Waals surface area contributed by atoms with Crippen LogP contribution >= 0.6 is 0 Å². The van der Waals surface area contributed by atoms with Crippen LogP contribution in [0.1, 0.15) is 64.7 Å². The molecule has 4 aliphatic rings. The summed E-state index contributed by atoms with van der Waals surface area (Å²) in [6.45, 7) is 15.9. The average Bonchev–Trinajstić information content (AvgIpc) is 3.43. The zero-order chi connectivity index (χ0) is 26.2. The molecule has 2 heterocycles. The van der Waals surface area contributed by atoms with Crippen LogP contribution in [0.2, 0.25) is 0 Å². The highest BCUT2D eigenvalue weighted by molar-refractivity contribution is 5.58. The average molecular weight is 507 g/mol. The molecule has 2 saturated carbocycles. The number of hydrogen-bond donors (Lipinski definition) is 1. The van der Waals surface area contributed by atoms with Crippen molar-refractivity contribution >= 4 is 0 Å². The minimum atomic E-state index is -0.258. The van der Waals surface area contributed by atoms with Crippen LogP contribution in [-0.2, 0) is 18.9 Å². The minimum Gasteiger partial charge on any atom is -0.392 e. The first-order valence-corrected chi connectivity index (χ1v) is 13.9. The molecule has 5 heteroatoms. The van der Waals surface area contributed by atoms with Gasteiger partial charge in [0.25, 0.3) is 0 Å². The van der Waals surface area contributed by atoms with Gasteiger partial charge in [-0.3, -0.25) is 0 Å². The van der Waals surface area contributed by atoms with Gasteiger partial charge in [-0.25, -0.2) is 0 Å². The fraction of sp³-hybridized carbons (Fsp3) is 0.625. The molecule has 5 nitrogen and oxygen atoms in total. The molecular weight excluding hydrogens is 464 g/mol. The normalized spacial score (nSPS) is 33.0. The highest BCUT2D eigenvalue weighted by atomic mass is 16.7. The number of aliphatic hydroxyl groups is 1. The third kappa shape index (κ3) is 7.70. The van der Waals surface area contributed by atoms with Crippen LogP contribution < -0.4 is 0 Å². The minimum absolute atomic E-state index is 0.0466. The first kappa shape index (κ1) is 27.9. The van der Waals surface area contributed by atoms with Crippen molar-refractivity contribution in [1.29, 1.82) is 0 Å². The van der Waals surface area contributed by atoms with E-state index in [1.807, 2.05) is 13.0 Å². The summed E-state index contributed by atoms with van der Waals surface area (Å²) in [7, 11) is 0. The summed E-state index contributed by atoms with van der Waals surface area (Å²) in [5.41, 5.74) is 3.21. The summed E-state index contributed by atoms with van der Waals surface area (Å²) < 4.78 is 23.8. The van der Waals surface area contributed by atoms with Gasteiger partial charge >= 0.3 is 0 Å². The van der Waals surface area contributed by atoms with Gasteiger partial charge in [0.15, 0.2) is 12.6 Å². The van der Waals surface area contributed by atoms with Gasteiger partial charge in [0.05, 0.1) is 18.6 Å². The highest BCUT2D eigenvalue weighted by Gasteiger charge is 2.47. The third-order valence-electron chi connectivity index (χ3n) is 7.91. The Labute approximate surface area is 223 Å². The van der Waals surface area contributed by atoms with Gasteiger partial charge in [-0.2, -0.15) is 0 Å². The fourth-order valence-electron chi connectivity index (χ4n) is 5.86. The second-order valence-corrected chi connectivity index (χ2v) is 10.7. The van der Waals surface area contributed by atoms with Crippen molar-refractivity contribution in [2.75, 3.05) is 19.8 Å². The Hall–Kier alpha value is -2.12. The Morgan fingerprint density at radius 3 is 2.41 bits per heavy atom. The van der Waals surface area contributed by atoms with Gasteiger partial charge in [0.1, 0.15) is 6.10 Å².